The molecule has 0 aliphatic rings. The maximum Gasteiger partial charge on any atom is 0.0619 e. The minimum absolute atomic E-state index is 1.16. The summed E-state index contributed by atoms with van der Waals surface area (Å²) < 4.78 is 4.88. The molecule has 2 heteroatoms. The fourth-order valence-electron chi connectivity index (χ4n) is 7.89. The lowest BCUT2D eigenvalue weighted by atomic mass is 9.96. The van der Waals surface area contributed by atoms with Gasteiger partial charge in [-0.3, -0.25) is 0 Å². The average Bonchev–Trinajstić information content (AvgIpc) is 3.71. The fraction of sp³-hybridized carbons (Fsp3) is 0. The van der Waals surface area contributed by atoms with Gasteiger partial charge in [0.2, 0.25) is 0 Å². The van der Waals surface area contributed by atoms with Crippen LogP contribution in [0.3, 0.4) is 0 Å². The van der Waals surface area contributed by atoms with Gasteiger partial charge in [0.1, 0.15) is 0 Å². The number of benzene rings is 8. The Labute approximate surface area is 290 Å². The Bertz CT molecular complexity index is 2840. The maximum atomic E-state index is 2.49. The molecule has 10 aromatic rings. The van der Waals surface area contributed by atoms with Crippen molar-refractivity contribution in [3.63, 3.8) is 0 Å². The highest BCUT2D eigenvalue weighted by Gasteiger charge is 2.20. The molecule has 0 aliphatic heterocycles. The molecule has 0 unspecified atom stereocenters. The molecule has 2 nitrogen and oxygen atoms in total. The van der Waals surface area contributed by atoms with Crippen molar-refractivity contribution in [1.82, 2.24) is 9.13 Å². The Morgan fingerprint density at radius 2 is 0.840 bits per heavy atom. The lowest BCUT2D eigenvalue weighted by Gasteiger charge is -2.17. The normalized spacial score (nSPS) is 11.6. The molecule has 0 aliphatic carbocycles. The lowest BCUT2D eigenvalue weighted by molar-refractivity contribution is 1.18. The van der Waals surface area contributed by atoms with E-state index in [-0.39, 0.29) is 0 Å². The third-order valence-corrected chi connectivity index (χ3v) is 10.1. The van der Waals surface area contributed by atoms with Gasteiger partial charge in [0, 0.05) is 38.4 Å². The standard InChI is InChI=1S/C48H32N2/c1-4-15-33(16-5-1)35-27-29-46(42(31-35)34-17-6-2-7-18-34)50-45-26-13-10-21-39(45)41-24-14-23-38(48(41)50)36-28-30-47-43(32-36)40-22-11-12-25-44(40)49(47)37-19-8-3-9-20-37/h1-32H. The van der Waals surface area contributed by atoms with Gasteiger partial charge in [-0.15, -0.1) is 0 Å². The van der Waals surface area contributed by atoms with Crippen molar-refractivity contribution in [2.45, 2.75) is 0 Å². The molecule has 0 amide bonds. The Morgan fingerprint density at radius 1 is 0.280 bits per heavy atom. The molecule has 2 aromatic heterocycles. The van der Waals surface area contributed by atoms with Crippen molar-refractivity contribution in [1.29, 1.82) is 0 Å². The highest BCUT2D eigenvalue weighted by atomic mass is 15.0. The van der Waals surface area contributed by atoms with Gasteiger partial charge >= 0.3 is 0 Å². The molecule has 50 heavy (non-hydrogen) atoms. The fourth-order valence-corrected chi connectivity index (χ4v) is 7.89. The van der Waals surface area contributed by atoms with Crippen molar-refractivity contribution in [2.24, 2.45) is 0 Å². The zero-order valence-electron chi connectivity index (χ0n) is 27.4. The average molecular weight is 637 g/mol. The second-order valence-corrected chi connectivity index (χ2v) is 12.9. The first-order chi connectivity index (χ1) is 24.8. The summed E-state index contributed by atoms with van der Waals surface area (Å²) in [4.78, 5) is 0. The molecule has 10 rings (SSSR count). The molecular weight excluding hydrogens is 605 g/mol. The van der Waals surface area contributed by atoms with E-state index < -0.39 is 0 Å². The molecule has 234 valence electrons. The third-order valence-electron chi connectivity index (χ3n) is 10.1. The van der Waals surface area contributed by atoms with Crippen molar-refractivity contribution < 1.29 is 0 Å². The van der Waals surface area contributed by atoms with Crippen LogP contribution in [0.5, 0.6) is 0 Å². The number of aromatic nitrogens is 2. The van der Waals surface area contributed by atoms with E-state index in [9.17, 15) is 0 Å². The molecule has 0 saturated heterocycles. The summed E-state index contributed by atoms with van der Waals surface area (Å²) in [6.45, 7) is 0. The quantitative estimate of drug-likeness (QED) is 0.178. The first-order valence-electron chi connectivity index (χ1n) is 17.2. The van der Waals surface area contributed by atoms with Crippen LogP contribution >= 0.6 is 0 Å². The predicted molar refractivity (Wildman–Crippen MR) is 211 cm³/mol. The lowest BCUT2D eigenvalue weighted by Crippen LogP contribution is -1.99. The zero-order chi connectivity index (χ0) is 33.0. The van der Waals surface area contributed by atoms with E-state index in [1.54, 1.807) is 0 Å². The number of para-hydroxylation sites is 4. The molecule has 2 heterocycles. The minimum atomic E-state index is 1.16. The van der Waals surface area contributed by atoms with Crippen molar-refractivity contribution >= 4 is 43.6 Å². The van der Waals surface area contributed by atoms with Crippen molar-refractivity contribution in [3.05, 3.63) is 194 Å². The number of hydrogen-bond acceptors (Lipinski definition) is 0. The predicted octanol–water partition coefficient (Wildman–Crippen LogP) is 12.9. The van der Waals surface area contributed by atoms with Gasteiger partial charge in [-0.1, -0.05) is 146 Å². The SMILES string of the molecule is c1ccc(-c2ccc(-n3c4ccccc4c4cccc(-c5ccc6c(c5)c5ccccc5n6-c5ccccc5)c43)c(-c3ccccc3)c2)cc1. The van der Waals surface area contributed by atoms with E-state index in [2.05, 4.69) is 203 Å². The van der Waals surface area contributed by atoms with Gasteiger partial charge in [-0.2, -0.15) is 0 Å². The zero-order valence-corrected chi connectivity index (χ0v) is 27.4. The van der Waals surface area contributed by atoms with Crippen LogP contribution in [0.1, 0.15) is 0 Å². The number of hydrogen-bond donors (Lipinski definition) is 0. The van der Waals surface area contributed by atoms with E-state index in [1.807, 2.05) is 0 Å². The molecular formula is C48H32N2. The smallest absolute Gasteiger partial charge is 0.0619 e. The van der Waals surface area contributed by atoms with Crippen molar-refractivity contribution in [3.8, 4) is 44.8 Å². The largest absolute Gasteiger partial charge is 0.309 e. The second kappa shape index (κ2) is 11.5. The van der Waals surface area contributed by atoms with Crippen LogP contribution in [-0.4, -0.2) is 9.13 Å². The summed E-state index contributed by atoms with van der Waals surface area (Å²) in [6, 6.07) is 70.4. The Kier molecular flexibility index (Phi) is 6.53. The molecule has 0 spiro atoms. The first kappa shape index (κ1) is 28.4. The Morgan fingerprint density at radius 3 is 1.58 bits per heavy atom. The topological polar surface area (TPSA) is 9.86 Å². The van der Waals surface area contributed by atoms with Crippen LogP contribution in [-0.2, 0) is 0 Å². The van der Waals surface area contributed by atoms with Gasteiger partial charge in [-0.05, 0) is 70.8 Å². The molecule has 0 bridgehead atoms. The summed E-state index contributed by atoms with van der Waals surface area (Å²) in [5.74, 6) is 0. The highest BCUT2D eigenvalue weighted by molar-refractivity contribution is 6.16. The van der Waals surface area contributed by atoms with Crippen LogP contribution in [0.25, 0.3) is 88.4 Å². The monoisotopic (exact) mass is 636 g/mol. The molecule has 0 N–H and O–H groups in total. The number of rotatable bonds is 5. The van der Waals surface area contributed by atoms with E-state index >= 15 is 0 Å². The van der Waals surface area contributed by atoms with Crippen LogP contribution in [0, 0.1) is 0 Å². The van der Waals surface area contributed by atoms with Gasteiger partial charge in [0.15, 0.2) is 0 Å². The van der Waals surface area contributed by atoms with E-state index in [0.717, 1.165) is 5.69 Å². The highest BCUT2D eigenvalue weighted by Crippen LogP contribution is 2.43. The summed E-state index contributed by atoms with van der Waals surface area (Å²) in [7, 11) is 0. The third kappa shape index (κ3) is 4.43. The number of nitrogens with zero attached hydrogens (tertiary/aromatic N) is 2. The van der Waals surface area contributed by atoms with Crippen LogP contribution in [0.2, 0.25) is 0 Å². The Hall–Kier alpha value is -6.64. The van der Waals surface area contributed by atoms with Gasteiger partial charge in [-0.25, -0.2) is 0 Å². The number of fused-ring (bicyclic) bond motifs is 6. The summed E-state index contributed by atoms with van der Waals surface area (Å²) in [5.41, 5.74) is 14.4. The van der Waals surface area contributed by atoms with Gasteiger partial charge in [0.05, 0.1) is 27.8 Å². The van der Waals surface area contributed by atoms with Gasteiger partial charge in [0.25, 0.3) is 0 Å². The molecule has 0 saturated carbocycles. The first-order valence-corrected chi connectivity index (χ1v) is 17.2. The maximum absolute atomic E-state index is 2.49. The molecule has 8 aromatic carbocycles. The van der Waals surface area contributed by atoms with Crippen molar-refractivity contribution in [2.75, 3.05) is 0 Å². The summed E-state index contributed by atoms with van der Waals surface area (Å²) >= 11 is 0. The Balaban J connectivity index is 1.27. The summed E-state index contributed by atoms with van der Waals surface area (Å²) in [6.07, 6.45) is 0. The minimum Gasteiger partial charge on any atom is -0.309 e. The second-order valence-electron chi connectivity index (χ2n) is 12.9. The van der Waals surface area contributed by atoms with E-state index in [0.29, 0.717) is 0 Å². The molecule has 0 radical (unpaired) electrons. The van der Waals surface area contributed by atoms with Crippen LogP contribution in [0.4, 0.5) is 0 Å². The summed E-state index contributed by atoms with van der Waals surface area (Å²) in [5, 5.41) is 5.00. The molecule has 0 atom stereocenters. The van der Waals surface area contributed by atoms with E-state index in [1.165, 1.54) is 82.7 Å². The van der Waals surface area contributed by atoms with E-state index in [4.69, 9.17) is 0 Å². The van der Waals surface area contributed by atoms with Crippen LogP contribution in [0.15, 0.2) is 194 Å². The van der Waals surface area contributed by atoms with Crippen LogP contribution < -0.4 is 0 Å². The van der Waals surface area contributed by atoms with Gasteiger partial charge < -0.3 is 9.13 Å². The molecule has 0 fully saturated rings.